The first-order valence-corrected chi connectivity index (χ1v) is 4.33. The van der Waals surface area contributed by atoms with Crippen molar-refractivity contribution < 1.29 is 18.5 Å². The molecule has 1 aromatic rings. The number of carbonyl (C=O) groups excluding carboxylic acids is 1. The van der Waals surface area contributed by atoms with Crippen molar-refractivity contribution in [3.8, 4) is 6.07 Å². The molecule has 0 radical (unpaired) electrons. The van der Waals surface area contributed by atoms with Crippen LogP contribution < -0.4 is 0 Å². The van der Waals surface area contributed by atoms with Gasteiger partial charge < -0.3 is 0 Å². The van der Waals surface area contributed by atoms with Crippen LogP contribution in [0.1, 0.15) is 28.0 Å². The van der Waals surface area contributed by atoms with Crippen LogP contribution in [-0.4, -0.2) is 15.1 Å². The summed E-state index contributed by atoms with van der Waals surface area (Å²) in [5.41, 5.74) is -3.98. The van der Waals surface area contributed by atoms with Gasteiger partial charge in [0.15, 0.2) is 0 Å². The van der Waals surface area contributed by atoms with Gasteiger partial charge in [-0.3, -0.25) is 14.9 Å². The minimum Gasteiger partial charge on any atom is -0.274 e. The van der Waals surface area contributed by atoms with Crippen LogP contribution in [0.15, 0.2) is 6.20 Å². The number of nitrogens with zero attached hydrogens (tertiary/aromatic N) is 3. The molecular weight excluding hydrogens is 260 g/mol. The molecule has 17 heavy (non-hydrogen) atoms. The fraction of sp³-hybridized carbons (Fsp3) is 0.125. The normalized spacial score (nSPS) is 10.1. The predicted octanol–water partition coefficient (Wildman–Crippen LogP) is 2.18. The first-order chi connectivity index (χ1) is 7.90. The molecule has 88 valence electrons. The van der Waals surface area contributed by atoms with Gasteiger partial charge in [-0.15, -0.1) is 0 Å². The zero-order chi connectivity index (χ0) is 13.2. The van der Waals surface area contributed by atoms with E-state index in [1.165, 1.54) is 6.07 Å². The molecule has 0 N–H and O–H groups in total. The molecular formula is C8H2ClF2N3O3. The molecule has 0 aliphatic heterocycles. The molecule has 0 unspecified atom stereocenters. The van der Waals surface area contributed by atoms with E-state index in [0.717, 1.165) is 0 Å². The van der Waals surface area contributed by atoms with E-state index in [9.17, 15) is 23.7 Å². The van der Waals surface area contributed by atoms with Crippen LogP contribution in [0.5, 0.6) is 0 Å². The Morgan fingerprint density at radius 3 is 2.59 bits per heavy atom. The Labute approximate surface area is 97.6 Å². The first-order valence-electron chi connectivity index (χ1n) is 3.95. The highest BCUT2D eigenvalue weighted by Gasteiger charge is 2.32. The van der Waals surface area contributed by atoms with E-state index in [-0.39, 0.29) is 0 Å². The van der Waals surface area contributed by atoms with Crippen molar-refractivity contribution >= 4 is 22.5 Å². The summed E-state index contributed by atoms with van der Waals surface area (Å²) in [6, 6.07) is 1.34. The second kappa shape index (κ2) is 4.80. The number of nitriles is 1. The third kappa shape index (κ3) is 2.34. The number of aromatic nitrogens is 1. The SMILES string of the molecule is N#Cc1cnc(C(=O)Cl)c([N+](=O)[O-])c1C(F)F. The maximum atomic E-state index is 12.6. The molecule has 0 saturated carbocycles. The number of pyridine rings is 1. The molecule has 0 fully saturated rings. The van der Waals surface area contributed by atoms with Crippen molar-refractivity contribution in [3.63, 3.8) is 0 Å². The van der Waals surface area contributed by atoms with E-state index in [1.807, 2.05) is 0 Å². The highest BCUT2D eigenvalue weighted by molar-refractivity contribution is 6.67. The lowest BCUT2D eigenvalue weighted by molar-refractivity contribution is -0.386. The second-order valence-electron chi connectivity index (χ2n) is 2.73. The summed E-state index contributed by atoms with van der Waals surface area (Å²) >= 11 is 4.99. The molecule has 0 aromatic carbocycles. The van der Waals surface area contributed by atoms with Gasteiger partial charge in [0.1, 0.15) is 11.6 Å². The van der Waals surface area contributed by atoms with Gasteiger partial charge in [-0.2, -0.15) is 5.26 Å². The molecule has 0 aliphatic rings. The van der Waals surface area contributed by atoms with Crippen molar-refractivity contribution in [1.82, 2.24) is 4.98 Å². The van der Waals surface area contributed by atoms with Crippen molar-refractivity contribution in [2.45, 2.75) is 6.43 Å². The maximum absolute atomic E-state index is 12.6. The van der Waals surface area contributed by atoms with Gasteiger partial charge in [0.05, 0.1) is 10.5 Å². The summed E-state index contributed by atoms with van der Waals surface area (Å²) in [6.07, 6.45) is -2.65. The molecule has 1 heterocycles. The average Bonchev–Trinajstić information content (AvgIpc) is 2.26. The van der Waals surface area contributed by atoms with Crippen LogP contribution in [0.2, 0.25) is 0 Å². The Kier molecular flexibility index (Phi) is 3.65. The Balaban J connectivity index is 3.73. The number of hydrogen-bond donors (Lipinski definition) is 0. The van der Waals surface area contributed by atoms with Crippen molar-refractivity contribution in [2.75, 3.05) is 0 Å². The fourth-order valence-electron chi connectivity index (χ4n) is 1.15. The monoisotopic (exact) mass is 261 g/mol. The van der Waals surface area contributed by atoms with Crippen molar-refractivity contribution in [1.29, 1.82) is 5.26 Å². The lowest BCUT2D eigenvalue weighted by Gasteiger charge is -2.05. The Hall–Kier alpha value is -2.14. The molecule has 0 amide bonds. The summed E-state index contributed by atoms with van der Waals surface area (Å²) in [6.45, 7) is 0. The first kappa shape index (κ1) is 12.9. The third-order valence-corrected chi connectivity index (χ3v) is 1.98. The Morgan fingerprint density at radius 2 is 2.24 bits per heavy atom. The Morgan fingerprint density at radius 1 is 1.65 bits per heavy atom. The zero-order valence-corrected chi connectivity index (χ0v) is 8.61. The molecule has 6 nitrogen and oxygen atoms in total. The second-order valence-corrected chi connectivity index (χ2v) is 3.07. The van der Waals surface area contributed by atoms with Gasteiger partial charge in [-0.25, -0.2) is 13.8 Å². The third-order valence-electron chi connectivity index (χ3n) is 1.80. The van der Waals surface area contributed by atoms with E-state index in [4.69, 9.17) is 16.9 Å². The molecule has 1 aromatic heterocycles. The van der Waals surface area contributed by atoms with E-state index in [1.54, 1.807) is 0 Å². The van der Waals surface area contributed by atoms with E-state index in [2.05, 4.69) is 4.98 Å². The van der Waals surface area contributed by atoms with E-state index in [0.29, 0.717) is 6.20 Å². The molecule has 0 aliphatic carbocycles. The molecule has 0 atom stereocenters. The topological polar surface area (TPSA) is 96.9 Å². The lowest BCUT2D eigenvalue weighted by Crippen LogP contribution is -2.08. The van der Waals surface area contributed by atoms with Gasteiger partial charge >= 0.3 is 5.69 Å². The van der Waals surface area contributed by atoms with Crippen LogP contribution in [0, 0.1) is 21.4 Å². The summed E-state index contributed by atoms with van der Waals surface area (Å²) in [4.78, 5) is 23.5. The highest BCUT2D eigenvalue weighted by Crippen LogP contribution is 2.34. The predicted molar refractivity (Wildman–Crippen MR) is 50.7 cm³/mol. The standard InChI is InChI=1S/C8H2ClF2N3O3/c9-7(15)5-6(14(16)17)4(8(10)11)3(1-12)2-13-5/h2,8H. The largest absolute Gasteiger partial charge is 0.310 e. The lowest BCUT2D eigenvalue weighted by atomic mass is 10.1. The van der Waals surface area contributed by atoms with Crippen LogP contribution in [-0.2, 0) is 0 Å². The molecule has 1 rings (SSSR count). The quantitative estimate of drug-likeness (QED) is 0.472. The fourth-order valence-corrected chi connectivity index (χ4v) is 1.29. The number of rotatable bonds is 3. The minimum atomic E-state index is -3.29. The van der Waals surface area contributed by atoms with Crippen LogP contribution >= 0.6 is 11.6 Å². The van der Waals surface area contributed by atoms with Gasteiger partial charge in [-0.1, -0.05) is 0 Å². The van der Waals surface area contributed by atoms with E-state index < -0.39 is 39.1 Å². The summed E-state index contributed by atoms with van der Waals surface area (Å²) < 4.78 is 25.3. The van der Waals surface area contributed by atoms with Gasteiger partial charge in [0, 0.05) is 6.20 Å². The van der Waals surface area contributed by atoms with Crippen LogP contribution in [0.3, 0.4) is 0 Å². The van der Waals surface area contributed by atoms with Gasteiger partial charge in [-0.05, 0) is 11.6 Å². The number of alkyl halides is 2. The van der Waals surface area contributed by atoms with Crippen LogP contribution in [0.25, 0.3) is 0 Å². The number of nitro groups is 1. The molecule has 0 bridgehead atoms. The number of hydrogen-bond acceptors (Lipinski definition) is 5. The highest BCUT2D eigenvalue weighted by atomic mass is 35.5. The van der Waals surface area contributed by atoms with Crippen molar-refractivity contribution in [2.24, 2.45) is 0 Å². The van der Waals surface area contributed by atoms with Crippen molar-refractivity contribution in [3.05, 3.63) is 33.1 Å². The van der Waals surface area contributed by atoms with Crippen LogP contribution in [0.4, 0.5) is 14.5 Å². The van der Waals surface area contributed by atoms with Gasteiger partial charge in [0.25, 0.3) is 11.7 Å². The maximum Gasteiger partial charge on any atom is 0.310 e. The minimum absolute atomic E-state index is 0.643. The average molecular weight is 262 g/mol. The number of halogens is 3. The zero-order valence-electron chi connectivity index (χ0n) is 7.85. The molecule has 0 saturated heterocycles. The Bertz CT molecular complexity index is 542. The van der Waals surface area contributed by atoms with E-state index >= 15 is 0 Å². The smallest absolute Gasteiger partial charge is 0.274 e. The summed E-state index contributed by atoms with van der Waals surface area (Å²) in [7, 11) is 0. The molecule has 9 heteroatoms. The van der Waals surface area contributed by atoms with Gasteiger partial charge in [0.2, 0.25) is 5.69 Å². The summed E-state index contributed by atoms with van der Waals surface area (Å²) in [5.74, 6) is 0. The molecule has 0 spiro atoms. The number of carbonyl (C=O) groups is 1. The summed E-state index contributed by atoms with van der Waals surface area (Å²) in [5, 5.41) is 17.8.